The van der Waals surface area contributed by atoms with Crippen molar-refractivity contribution in [3.8, 4) is 11.4 Å². The van der Waals surface area contributed by atoms with Crippen molar-refractivity contribution < 1.29 is 14.3 Å². The standard InChI is InChI=1S/C15H13FN4O2S/c1-9-17-6-12(23-9)7-18-15(22)14-13(21)8-20(19-14)11-4-2-3-10(16)5-11/h2-6,8,21H,7H2,1H3,(H,18,22). The number of hydrogen-bond donors (Lipinski definition) is 2. The number of aromatic hydroxyl groups is 1. The van der Waals surface area contributed by atoms with Crippen LogP contribution in [0.2, 0.25) is 0 Å². The summed E-state index contributed by atoms with van der Waals surface area (Å²) in [6.07, 6.45) is 2.95. The molecule has 0 saturated carbocycles. The molecule has 0 aliphatic carbocycles. The van der Waals surface area contributed by atoms with Gasteiger partial charge < -0.3 is 10.4 Å². The Morgan fingerprint density at radius 2 is 2.30 bits per heavy atom. The van der Waals surface area contributed by atoms with E-state index in [1.807, 2.05) is 6.92 Å². The van der Waals surface area contributed by atoms with E-state index in [-0.39, 0.29) is 11.4 Å². The minimum atomic E-state index is -0.510. The molecule has 0 radical (unpaired) electrons. The van der Waals surface area contributed by atoms with Crippen LogP contribution in [-0.4, -0.2) is 25.8 Å². The Morgan fingerprint density at radius 1 is 1.48 bits per heavy atom. The second kappa shape index (κ2) is 6.17. The molecule has 0 aliphatic rings. The summed E-state index contributed by atoms with van der Waals surface area (Å²) in [4.78, 5) is 17.1. The molecule has 0 bridgehead atoms. The molecule has 6 nitrogen and oxygen atoms in total. The number of nitrogens with zero attached hydrogens (tertiary/aromatic N) is 3. The zero-order valence-electron chi connectivity index (χ0n) is 12.2. The first-order chi connectivity index (χ1) is 11.0. The fraction of sp³-hybridized carbons (Fsp3) is 0.133. The quantitative estimate of drug-likeness (QED) is 0.769. The Labute approximate surface area is 135 Å². The molecule has 1 aromatic carbocycles. The van der Waals surface area contributed by atoms with Crippen LogP contribution in [0.15, 0.2) is 36.7 Å². The van der Waals surface area contributed by atoms with Crippen molar-refractivity contribution in [3.05, 3.63) is 58.1 Å². The molecular formula is C15H13FN4O2S. The van der Waals surface area contributed by atoms with Crippen molar-refractivity contribution in [1.29, 1.82) is 0 Å². The van der Waals surface area contributed by atoms with Gasteiger partial charge in [-0.3, -0.25) is 4.79 Å². The summed E-state index contributed by atoms with van der Waals surface area (Å²) in [5.41, 5.74) is 0.299. The van der Waals surface area contributed by atoms with Crippen LogP contribution in [0.25, 0.3) is 5.69 Å². The number of hydrogen-bond acceptors (Lipinski definition) is 5. The summed E-state index contributed by atoms with van der Waals surface area (Å²) in [5, 5.41) is 17.5. The monoisotopic (exact) mass is 332 g/mol. The van der Waals surface area contributed by atoms with Gasteiger partial charge in [0.25, 0.3) is 5.91 Å². The van der Waals surface area contributed by atoms with Crippen LogP contribution in [0, 0.1) is 12.7 Å². The maximum Gasteiger partial charge on any atom is 0.275 e. The molecule has 0 aliphatic heterocycles. The van der Waals surface area contributed by atoms with Gasteiger partial charge in [0.15, 0.2) is 11.4 Å². The fourth-order valence-corrected chi connectivity index (χ4v) is 2.75. The van der Waals surface area contributed by atoms with Gasteiger partial charge in [-0.15, -0.1) is 11.3 Å². The molecule has 118 valence electrons. The number of aromatic nitrogens is 3. The molecule has 2 N–H and O–H groups in total. The highest BCUT2D eigenvalue weighted by molar-refractivity contribution is 7.11. The van der Waals surface area contributed by atoms with Gasteiger partial charge in [0.05, 0.1) is 23.4 Å². The summed E-state index contributed by atoms with van der Waals surface area (Å²) in [6.45, 7) is 2.18. The third-order valence-electron chi connectivity index (χ3n) is 3.08. The maximum atomic E-state index is 13.2. The van der Waals surface area contributed by atoms with Gasteiger partial charge in [0.2, 0.25) is 0 Å². The first-order valence-electron chi connectivity index (χ1n) is 6.77. The van der Waals surface area contributed by atoms with E-state index in [0.29, 0.717) is 12.2 Å². The molecule has 3 aromatic rings. The average Bonchev–Trinajstić information content (AvgIpc) is 3.11. The number of thiazole rings is 1. The van der Waals surface area contributed by atoms with Crippen LogP contribution in [0.1, 0.15) is 20.4 Å². The molecule has 2 heterocycles. The highest BCUT2D eigenvalue weighted by Gasteiger charge is 2.17. The second-order valence-electron chi connectivity index (χ2n) is 4.82. The SMILES string of the molecule is Cc1ncc(CNC(=O)c2nn(-c3cccc(F)c3)cc2O)s1. The molecule has 0 atom stereocenters. The lowest BCUT2D eigenvalue weighted by Gasteiger charge is -2.01. The summed E-state index contributed by atoms with van der Waals surface area (Å²) in [5.74, 6) is -1.21. The molecule has 0 fully saturated rings. The number of carbonyl (C=O) groups is 1. The Morgan fingerprint density at radius 3 is 3.00 bits per heavy atom. The fourth-order valence-electron chi connectivity index (χ4n) is 2.02. The molecule has 0 saturated heterocycles. The lowest BCUT2D eigenvalue weighted by Crippen LogP contribution is -2.23. The third-order valence-corrected chi connectivity index (χ3v) is 3.99. The van der Waals surface area contributed by atoms with Gasteiger partial charge in [-0.2, -0.15) is 5.10 Å². The zero-order chi connectivity index (χ0) is 16.4. The molecule has 1 amide bonds. The Hall–Kier alpha value is -2.74. The first kappa shape index (κ1) is 15.2. The van der Waals surface area contributed by atoms with Crippen LogP contribution >= 0.6 is 11.3 Å². The second-order valence-corrected chi connectivity index (χ2v) is 6.13. The Balaban J connectivity index is 1.76. The Kier molecular flexibility index (Phi) is 4.07. The molecule has 23 heavy (non-hydrogen) atoms. The van der Waals surface area contributed by atoms with E-state index in [9.17, 15) is 14.3 Å². The summed E-state index contributed by atoms with van der Waals surface area (Å²) in [7, 11) is 0. The van der Waals surface area contributed by atoms with Crippen LogP contribution in [0.5, 0.6) is 5.75 Å². The van der Waals surface area contributed by atoms with Crippen LogP contribution in [0.4, 0.5) is 4.39 Å². The smallest absolute Gasteiger partial charge is 0.275 e. The minimum Gasteiger partial charge on any atom is -0.504 e. The summed E-state index contributed by atoms with van der Waals surface area (Å²) in [6, 6.07) is 5.71. The highest BCUT2D eigenvalue weighted by atomic mass is 32.1. The van der Waals surface area contributed by atoms with Gasteiger partial charge in [0.1, 0.15) is 5.82 Å². The summed E-state index contributed by atoms with van der Waals surface area (Å²) >= 11 is 1.48. The van der Waals surface area contributed by atoms with Crippen LogP contribution < -0.4 is 5.32 Å². The first-order valence-corrected chi connectivity index (χ1v) is 7.58. The Bertz CT molecular complexity index is 859. The number of halogens is 1. The van der Waals surface area contributed by atoms with Crippen molar-refractivity contribution in [3.63, 3.8) is 0 Å². The van der Waals surface area contributed by atoms with Gasteiger partial charge >= 0.3 is 0 Å². The van der Waals surface area contributed by atoms with E-state index in [4.69, 9.17) is 0 Å². The number of carbonyl (C=O) groups excluding carboxylic acids is 1. The van der Waals surface area contributed by atoms with E-state index in [1.54, 1.807) is 12.3 Å². The van der Waals surface area contributed by atoms with Gasteiger partial charge in [0, 0.05) is 11.1 Å². The molecule has 0 spiro atoms. The topological polar surface area (TPSA) is 80.0 Å². The van der Waals surface area contributed by atoms with Crippen LogP contribution in [-0.2, 0) is 6.54 Å². The van der Waals surface area contributed by atoms with Gasteiger partial charge in [-0.05, 0) is 25.1 Å². The van der Waals surface area contributed by atoms with Crippen molar-refractivity contribution in [1.82, 2.24) is 20.1 Å². The minimum absolute atomic E-state index is 0.115. The van der Waals surface area contributed by atoms with Crippen molar-refractivity contribution in [2.45, 2.75) is 13.5 Å². The zero-order valence-corrected chi connectivity index (χ0v) is 13.0. The summed E-state index contributed by atoms with van der Waals surface area (Å²) < 4.78 is 14.5. The number of aryl methyl sites for hydroxylation is 1. The predicted octanol–water partition coefficient (Wildman–Crippen LogP) is 2.41. The lowest BCUT2D eigenvalue weighted by atomic mass is 10.3. The number of benzene rings is 1. The number of nitrogens with one attached hydrogen (secondary N) is 1. The van der Waals surface area contributed by atoms with Gasteiger partial charge in [-0.25, -0.2) is 14.1 Å². The van der Waals surface area contributed by atoms with Gasteiger partial charge in [-0.1, -0.05) is 6.07 Å². The molecular weight excluding hydrogens is 319 g/mol. The van der Waals surface area contributed by atoms with E-state index >= 15 is 0 Å². The number of amides is 1. The third kappa shape index (κ3) is 3.37. The largest absolute Gasteiger partial charge is 0.504 e. The van der Waals surface area contributed by atoms with Crippen LogP contribution in [0.3, 0.4) is 0 Å². The molecule has 3 rings (SSSR count). The van der Waals surface area contributed by atoms with E-state index in [1.165, 1.54) is 40.4 Å². The van der Waals surface area contributed by atoms with Crippen molar-refractivity contribution >= 4 is 17.2 Å². The highest BCUT2D eigenvalue weighted by Crippen LogP contribution is 2.19. The molecule has 2 aromatic heterocycles. The average molecular weight is 332 g/mol. The van der Waals surface area contributed by atoms with Crippen molar-refractivity contribution in [2.75, 3.05) is 0 Å². The lowest BCUT2D eigenvalue weighted by molar-refractivity contribution is 0.0943. The maximum absolute atomic E-state index is 13.2. The predicted molar refractivity (Wildman–Crippen MR) is 83.2 cm³/mol. The van der Waals surface area contributed by atoms with E-state index in [2.05, 4.69) is 15.4 Å². The normalized spacial score (nSPS) is 10.7. The molecule has 0 unspecified atom stereocenters. The molecule has 8 heteroatoms. The van der Waals surface area contributed by atoms with E-state index in [0.717, 1.165) is 9.88 Å². The number of rotatable bonds is 4. The van der Waals surface area contributed by atoms with Crippen molar-refractivity contribution in [2.24, 2.45) is 0 Å². The van der Waals surface area contributed by atoms with E-state index < -0.39 is 11.7 Å².